The Morgan fingerprint density at radius 3 is 2.38 bits per heavy atom. The summed E-state index contributed by atoms with van der Waals surface area (Å²) in [6.07, 6.45) is -4.43. The molecule has 24 heavy (non-hydrogen) atoms. The minimum atomic E-state index is -4.43. The summed E-state index contributed by atoms with van der Waals surface area (Å²) in [7, 11) is 1.78. The molecule has 136 valence electrons. The van der Waals surface area contributed by atoms with E-state index >= 15 is 0 Å². The molecule has 2 N–H and O–H groups in total. The van der Waals surface area contributed by atoms with E-state index in [9.17, 15) is 18.0 Å². The van der Waals surface area contributed by atoms with Gasteiger partial charge in [-0.1, -0.05) is 26.0 Å². The van der Waals surface area contributed by atoms with Gasteiger partial charge in [0.25, 0.3) is 0 Å². The Morgan fingerprint density at radius 2 is 1.88 bits per heavy atom. The van der Waals surface area contributed by atoms with Crippen LogP contribution in [0.4, 0.5) is 13.2 Å². The topological polar surface area (TPSA) is 44.4 Å². The largest absolute Gasteiger partial charge is 0.416 e. The van der Waals surface area contributed by atoms with Gasteiger partial charge in [0.2, 0.25) is 5.91 Å². The van der Waals surface area contributed by atoms with Gasteiger partial charge in [0, 0.05) is 12.6 Å². The van der Waals surface area contributed by atoms with Crippen LogP contribution >= 0.6 is 0 Å². The summed E-state index contributed by atoms with van der Waals surface area (Å²) in [6.45, 7) is 7.21. The van der Waals surface area contributed by atoms with Crippen molar-refractivity contribution >= 4 is 5.91 Å². The van der Waals surface area contributed by atoms with Crippen LogP contribution in [0.15, 0.2) is 24.3 Å². The molecule has 1 aromatic carbocycles. The van der Waals surface area contributed by atoms with Crippen molar-refractivity contribution in [3.8, 4) is 0 Å². The number of alkyl halides is 3. The monoisotopic (exact) mass is 345 g/mol. The molecular weight excluding hydrogens is 319 g/mol. The van der Waals surface area contributed by atoms with Gasteiger partial charge in [-0.25, -0.2) is 0 Å². The average Bonchev–Trinajstić information content (AvgIpc) is 2.56. The summed E-state index contributed by atoms with van der Waals surface area (Å²) in [4.78, 5) is 14.5. The highest BCUT2D eigenvalue weighted by atomic mass is 19.4. The van der Waals surface area contributed by atoms with E-state index in [0.717, 1.165) is 12.1 Å². The summed E-state index contributed by atoms with van der Waals surface area (Å²) in [5.74, 6) is -0.292. The van der Waals surface area contributed by atoms with Crippen LogP contribution in [0.2, 0.25) is 0 Å². The fourth-order valence-electron chi connectivity index (χ4n) is 2.45. The number of nitrogens with zero attached hydrogens (tertiary/aromatic N) is 1. The van der Waals surface area contributed by atoms with E-state index < -0.39 is 17.8 Å². The molecule has 1 aromatic rings. The quantitative estimate of drug-likeness (QED) is 0.761. The van der Waals surface area contributed by atoms with Crippen molar-refractivity contribution in [2.75, 3.05) is 26.7 Å². The lowest BCUT2D eigenvalue weighted by Gasteiger charge is -2.30. The zero-order valence-corrected chi connectivity index (χ0v) is 14.6. The van der Waals surface area contributed by atoms with Crippen LogP contribution in [0.25, 0.3) is 0 Å². The van der Waals surface area contributed by atoms with Gasteiger partial charge in [-0.2, -0.15) is 13.2 Å². The van der Waals surface area contributed by atoms with E-state index in [2.05, 4.69) is 10.6 Å². The highest BCUT2D eigenvalue weighted by Gasteiger charge is 2.33. The Kier molecular flexibility index (Phi) is 7.69. The second-order valence-electron chi connectivity index (χ2n) is 5.68. The molecule has 0 radical (unpaired) electrons. The lowest BCUT2D eigenvalue weighted by Crippen LogP contribution is -2.44. The fourth-order valence-corrected chi connectivity index (χ4v) is 2.45. The molecule has 0 aliphatic carbocycles. The average molecular weight is 345 g/mol. The highest BCUT2D eigenvalue weighted by Crippen LogP contribution is 2.32. The number of nitrogens with one attached hydrogen (secondary N) is 2. The van der Waals surface area contributed by atoms with Gasteiger partial charge in [0.05, 0.1) is 5.56 Å². The lowest BCUT2D eigenvalue weighted by atomic mass is 10.0. The molecule has 0 aliphatic rings. The normalized spacial score (nSPS) is 14.5. The Hall–Kier alpha value is -1.60. The number of carbonyl (C=O) groups excluding carboxylic acids is 1. The van der Waals surface area contributed by atoms with Gasteiger partial charge < -0.3 is 10.6 Å². The fraction of sp³-hybridized carbons (Fsp3) is 0.588. The van der Waals surface area contributed by atoms with E-state index in [1.807, 2.05) is 25.7 Å². The van der Waals surface area contributed by atoms with Crippen molar-refractivity contribution in [2.24, 2.45) is 0 Å². The predicted octanol–water partition coefficient (Wildman–Crippen LogP) is 2.81. The number of halogens is 3. The van der Waals surface area contributed by atoms with Crippen LogP contribution in [0.5, 0.6) is 0 Å². The van der Waals surface area contributed by atoms with Crippen LogP contribution in [-0.2, 0) is 11.0 Å². The lowest BCUT2D eigenvalue weighted by molar-refractivity contribution is -0.138. The first-order valence-electron chi connectivity index (χ1n) is 8.10. The maximum Gasteiger partial charge on any atom is 0.416 e. The van der Waals surface area contributed by atoms with Crippen LogP contribution in [0, 0.1) is 0 Å². The summed E-state index contributed by atoms with van der Waals surface area (Å²) in [5.41, 5.74) is -0.392. The molecule has 2 atom stereocenters. The number of hydrogen-bond donors (Lipinski definition) is 2. The first kappa shape index (κ1) is 20.4. The van der Waals surface area contributed by atoms with E-state index in [0.29, 0.717) is 25.2 Å². The third kappa shape index (κ3) is 5.49. The van der Waals surface area contributed by atoms with Gasteiger partial charge in [-0.05, 0) is 44.8 Å². The number of amides is 1. The van der Waals surface area contributed by atoms with E-state index in [4.69, 9.17) is 0 Å². The minimum Gasteiger partial charge on any atom is -0.353 e. The molecule has 0 saturated carbocycles. The Labute approximate surface area is 141 Å². The molecule has 0 heterocycles. The first-order chi connectivity index (χ1) is 11.2. The molecule has 1 rings (SSSR count). The van der Waals surface area contributed by atoms with Crippen LogP contribution in [0.1, 0.15) is 37.9 Å². The number of hydrogen-bond acceptors (Lipinski definition) is 3. The summed E-state index contributed by atoms with van der Waals surface area (Å²) in [6, 6.07) is 4.32. The Morgan fingerprint density at radius 1 is 1.25 bits per heavy atom. The Bertz CT molecular complexity index is 530. The molecular formula is C17H26F3N3O. The molecule has 0 saturated heterocycles. The van der Waals surface area contributed by atoms with Gasteiger partial charge in [-0.3, -0.25) is 9.69 Å². The van der Waals surface area contributed by atoms with Crippen molar-refractivity contribution in [3.05, 3.63) is 35.4 Å². The third-order valence-electron chi connectivity index (χ3n) is 4.03. The smallest absolute Gasteiger partial charge is 0.353 e. The zero-order chi connectivity index (χ0) is 18.3. The summed E-state index contributed by atoms with van der Waals surface area (Å²) in [5, 5.41) is 5.82. The van der Waals surface area contributed by atoms with Crippen molar-refractivity contribution in [1.82, 2.24) is 15.5 Å². The van der Waals surface area contributed by atoms with Gasteiger partial charge in [0.1, 0.15) is 6.04 Å². The molecule has 0 fully saturated rings. The van der Waals surface area contributed by atoms with Crippen LogP contribution in [-0.4, -0.2) is 43.5 Å². The van der Waals surface area contributed by atoms with Crippen LogP contribution in [0.3, 0.4) is 0 Å². The SMILES string of the molecule is CCN(CC)C(C(=O)NCC(C)NC)c1cccc(C(F)(F)F)c1. The zero-order valence-electron chi connectivity index (χ0n) is 14.6. The van der Waals surface area contributed by atoms with Crippen molar-refractivity contribution in [3.63, 3.8) is 0 Å². The predicted molar refractivity (Wildman–Crippen MR) is 88.6 cm³/mol. The molecule has 1 amide bonds. The molecule has 4 nitrogen and oxygen atoms in total. The molecule has 0 spiro atoms. The minimum absolute atomic E-state index is 0.0767. The standard InChI is InChI=1S/C17H26F3N3O/c1-5-23(6-2)15(16(24)22-11-12(3)21-4)13-8-7-9-14(10-13)17(18,19)20/h7-10,12,15,21H,5-6,11H2,1-4H3,(H,22,24). The number of likely N-dealkylation sites (N-methyl/N-ethyl adjacent to an activating group) is 2. The van der Waals surface area contributed by atoms with Gasteiger partial charge >= 0.3 is 6.18 Å². The molecule has 0 aliphatic heterocycles. The molecule has 0 bridgehead atoms. The number of benzene rings is 1. The number of carbonyl (C=O) groups is 1. The van der Waals surface area contributed by atoms with Crippen molar-refractivity contribution < 1.29 is 18.0 Å². The first-order valence-corrected chi connectivity index (χ1v) is 8.10. The van der Waals surface area contributed by atoms with Gasteiger partial charge in [-0.15, -0.1) is 0 Å². The Balaban J connectivity index is 3.12. The summed E-state index contributed by atoms with van der Waals surface area (Å²) < 4.78 is 38.9. The summed E-state index contributed by atoms with van der Waals surface area (Å²) >= 11 is 0. The highest BCUT2D eigenvalue weighted by molar-refractivity contribution is 5.83. The van der Waals surface area contributed by atoms with Crippen LogP contribution < -0.4 is 10.6 Å². The molecule has 0 aromatic heterocycles. The van der Waals surface area contributed by atoms with Gasteiger partial charge in [0.15, 0.2) is 0 Å². The van der Waals surface area contributed by atoms with Crippen molar-refractivity contribution in [1.29, 1.82) is 0 Å². The second-order valence-corrected chi connectivity index (χ2v) is 5.68. The van der Waals surface area contributed by atoms with E-state index in [1.165, 1.54) is 6.07 Å². The third-order valence-corrected chi connectivity index (χ3v) is 4.03. The van der Waals surface area contributed by atoms with E-state index in [1.54, 1.807) is 13.1 Å². The molecule has 2 unspecified atom stereocenters. The number of rotatable bonds is 8. The van der Waals surface area contributed by atoms with Crippen molar-refractivity contribution in [2.45, 2.75) is 39.0 Å². The maximum atomic E-state index is 13.0. The second kappa shape index (κ2) is 9.03. The maximum absolute atomic E-state index is 13.0. The van der Waals surface area contributed by atoms with E-state index in [-0.39, 0.29) is 11.9 Å². The molecule has 7 heteroatoms.